The van der Waals surface area contributed by atoms with Crippen LogP contribution in [0.4, 0.5) is 4.79 Å². The molecule has 0 spiro atoms. The van der Waals surface area contributed by atoms with Gasteiger partial charge >= 0.3 is 6.09 Å². The Morgan fingerprint density at radius 2 is 1.67 bits per heavy atom. The standard InChI is InChI=1S/C34H60N5O6P/c1-11-26(6)32(39(10)34(42)44-24-29-18-15-14-16-19-29)33(41)36-30(22-25(4)5)28(8)37-38(9)21-17-20-31(40)35-23-27(7)46(43,13-3)45-12-2/h14-16,18-19,25-27,30,32H,11-13,17,20-24H2,1-10H3,(H,35,40)(H,36,41)/b37-28+/t26-,27?,30?,32-,46?/m0/s1. The predicted octanol–water partition coefficient (Wildman–Crippen LogP) is 6.13. The van der Waals surface area contributed by atoms with E-state index in [4.69, 9.17) is 14.4 Å². The molecule has 3 amide bonds. The van der Waals surface area contributed by atoms with Crippen molar-refractivity contribution in [2.75, 3.05) is 40.0 Å². The van der Waals surface area contributed by atoms with E-state index in [-0.39, 0.29) is 42.0 Å². The molecule has 2 N–H and O–H groups in total. The Balaban J connectivity index is 2.82. The Bertz CT molecular complexity index is 1150. The molecular formula is C34H60N5O6P. The van der Waals surface area contributed by atoms with Crippen LogP contribution in [0.15, 0.2) is 35.4 Å². The van der Waals surface area contributed by atoms with E-state index in [1.807, 2.05) is 78.9 Å². The summed E-state index contributed by atoms with van der Waals surface area (Å²) in [6.07, 6.45) is 2.16. The van der Waals surface area contributed by atoms with Gasteiger partial charge < -0.3 is 24.9 Å². The summed E-state index contributed by atoms with van der Waals surface area (Å²) in [6.45, 7) is 16.9. The van der Waals surface area contributed by atoms with Crippen molar-refractivity contribution in [1.29, 1.82) is 0 Å². The molecule has 0 aliphatic rings. The maximum absolute atomic E-state index is 13.7. The van der Waals surface area contributed by atoms with Gasteiger partial charge in [0, 0.05) is 39.8 Å². The molecule has 0 saturated heterocycles. The van der Waals surface area contributed by atoms with Crippen LogP contribution >= 0.6 is 7.37 Å². The quantitative estimate of drug-likeness (QED) is 0.0919. The van der Waals surface area contributed by atoms with E-state index in [0.29, 0.717) is 51.5 Å². The van der Waals surface area contributed by atoms with Gasteiger partial charge in [-0.1, -0.05) is 78.3 Å². The smallest absolute Gasteiger partial charge is 0.410 e. The molecular weight excluding hydrogens is 605 g/mol. The summed E-state index contributed by atoms with van der Waals surface area (Å²) in [6, 6.07) is 8.39. The first-order valence-corrected chi connectivity index (χ1v) is 18.6. The molecule has 1 aromatic carbocycles. The van der Waals surface area contributed by atoms with Crippen LogP contribution in [-0.2, 0) is 30.0 Å². The van der Waals surface area contributed by atoms with Crippen LogP contribution in [-0.4, -0.2) is 91.2 Å². The van der Waals surface area contributed by atoms with Crippen LogP contribution in [0, 0.1) is 11.8 Å². The first kappa shape index (κ1) is 41.1. The summed E-state index contributed by atoms with van der Waals surface area (Å²) in [5.41, 5.74) is 1.37. The number of ether oxygens (including phenoxy) is 1. The molecule has 11 nitrogen and oxygen atoms in total. The van der Waals surface area contributed by atoms with Gasteiger partial charge in [0.25, 0.3) is 0 Å². The lowest BCUT2D eigenvalue weighted by Gasteiger charge is -2.32. The first-order chi connectivity index (χ1) is 21.7. The second-order valence-corrected chi connectivity index (χ2v) is 15.7. The monoisotopic (exact) mass is 665 g/mol. The Kier molecular flexibility index (Phi) is 18.8. The van der Waals surface area contributed by atoms with Crippen molar-refractivity contribution in [2.24, 2.45) is 16.9 Å². The highest BCUT2D eigenvalue weighted by atomic mass is 31.2. The van der Waals surface area contributed by atoms with Gasteiger partial charge in [-0.15, -0.1) is 0 Å². The Labute approximate surface area is 277 Å². The van der Waals surface area contributed by atoms with Crippen LogP contribution in [0.2, 0.25) is 0 Å². The number of hydrogen-bond donors (Lipinski definition) is 2. The van der Waals surface area contributed by atoms with Crippen molar-refractivity contribution in [3.05, 3.63) is 35.9 Å². The van der Waals surface area contributed by atoms with Crippen LogP contribution < -0.4 is 10.6 Å². The second kappa shape index (κ2) is 21.1. The third-order valence-electron chi connectivity index (χ3n) is 8.16. The van der Waals surface area contributed by atoms with Crippen LogP contribution in [0.3, 0.4) is 0 Å². The fourth-order valence-corrected chi connectivity index (χ4v) is 7.00. The van der Waals surface area contributed by atoms with Gasteiger partial charge in [0.2, 0.25) is 19.2 Å². The molecule has 0 aliphatic heterocycles. The third-order valence-corrected chi connectivity index (χ3v) is 11.3. The topological polar surface area (TPSA) is 130 Å². The van der Waals surface area contributed by atoms with Gasteiger partial charge in [-0.25, -0.2) is 4.79 Å². The number of nitrogens with zero attached hydrogens (tertiary/aromatic N) is 3. The number of hydrogen-bond acceptors (Lipinski definition) is 8. The Hall–Kier alpha value is -2.91. The van der Waals surface area contributed by atoms with Gasteiger partial charge in [-0.05, 0) is 44.1 Å². The Morgan fingerprint density at radius 3 is 2.24 bits per heavy atom. The highest BCUT2D eigenvalue weighted by molar-refractivity contribution is 7.59. The number of carbonyl (C=O) groups excluding carboxylic acids is 3. The summed E-state index contributed by atoms with van der Waals surface area (Å²) in [5, 5.41) is 12.6. The maximum atomic E-state index is 13.7. The van der Waals surface area contributed by atoms with Gasteiger partial charge in [0.15, 0.2) is 0 Å². The minimum absolute atomic E-state index is 0.101. The van der Waals surface area contributed by atoms with E-state index in [1.54, 1.807) is 12.1 Å². The van der Waals surface area contributed by atoms with Crippen molar-refractivity contribution in [3.63, 3.8) is 0 Å². The number of nitrogens with one attached hydrogen (secondary N) is 2. The normalized spacial score (nSPS) is 15.7. The number of amides is 3. The molecule has 3 unspecified atom stereocenters. The molecule has 262 valence electrons. The average molecular weight is 666 g/mol. The molecule has 0 fully saturated rings. The van der Waals surface area contributed by atoms with Gasteiger partial charge in [-0.3, -0.25) is 19.1 Å². The largest absolute Gasteiger partial charge is 0.445 e. The lowest BCUT2D eigenvalue weighted by Crippen LogP contribution is -2.54. The molecule has 0 radical (unpaired) electrons. The van der Waals surface area contributed by atoms with Crippen LogP contribution in [0.25, 0.3) is 0 Å². The Morgan fingerprint density at radius 1 is 1.02 bits per heavy atom. The molecule has 12 heteroatoms. The number of likely N-dealkylation sites (N-methyl/N-ethyl adjacent to an activating group) is 1. The van der Waals surface area contributed by atoms with Gasteiger partial charge in [0.1, 0.15) is 12.6 Å². The third kappa shape index (κ3) is 14.2. The zero-order valence-electron chi connectivity index (χ0n) is 29.9. The molecule has 5 atom stereocenters. The molecule has 1 aromatic rings. The van der Waals surface area contributed by atoms with E-state index < -0.39 is 19.5 Å². The van der Waals surface area contributed by atoms with Crippen molar-refractivity contribution in [2.45, 2.75) is 105 Å². The van der Waals surface area contributed by atoms with Crippen LogP contribution in [0.1, 0.15) is 86.6 Å². The summed E-state index contributed by atoms with van der Waals surface area (Å²) in [7, 11) is 0.677. The highest BCUT2D eigenvalue weighted by Crippen LogP contribution is 2.51. The SMILES string of the molecule is CCOP(=O)(CC)C(C)CNC(=O)CCCN(C)/N=C(\C)C(CC(C)C)NC(=O)[C@H]([C@@H](C)CC)N(C)C(=O)OCc1ccccc1. The average Bonchev–Trinajstić information content (AvgIpc) is 3.02. The zero-order valence-corrected chi connectivity index (χ0v) is 30.8. The molecule has 46 heavy (non-hydrogen) atoms. The number of hydrazone groups is 1. The van der Waals surface area contributed by atoms with Crippen LogP contribution in [0.5, 0.6) is 0 Å². The van der Waals surface area contributed by atoms with Crippen molar-refractivity contribution in [1.82, 2.24) is 20.5 Å². The molecule has 1 rings (SSSR count). The van der Waals surface area contributed by atoms with Crippen molar-refractivity contribution >= 4 is 31.0 Å². The van der Waals surface area contributed by atoms with Crippen molar-refractivity contribution in [3.8, 4) is 0 Å². The van der Waals surface area contributed by atoms with E-state index in [0.717, 1.165) is 11.3 Å². The fraction of sp³-hybridized carbons (Fsp3) is 0.706. The number of carbonyl (C=O) groups is 3. The fourth-order valence-electron chi connectivity index (χ4n) is 5.13. The first-order valence-electron chi connectivity index (χ1n) is 16.7. The van der Waals surface area contributed by atoms with E-state index in [1.165, 1.54) is 4.90 Å². The lowest BCUT2D eigenvalue weighted by molar-refractivity contribution is -0.127. The molecule has 0 aliphatic carbocycles. The summed E-state index contributed by atoms with van der Waals surface area (Å²) in [5.74, 6) is -0.170. The molecule has 0 saturated carbocycles. The minimum Gasteiger partial charge on any atom is -0.445 e. The highest BCUT2D eigenvalue weighted by Gasteiger charge is 2.34. The number of rotatable bonds is 21. The van der Waals surface area contributed by atoms with E-state index >= 15 is 0 Å². The molecule has 0 bridgehead atoms. The van der Waals surface area contributed by atoms with Gasteiger partial charge in [0.05, 0.1) is 24.0 Å². The maximum Gasteiger partial charge on any atom is 0.410 e. The number of benzene rings is 1. The summed E-state index contributed by atoms with van der Waals surface area (Å²) in [4.78, 5) is 40.5. The van der Waals surface area contributed by atoms with E-state index in [9.17, 15) is 18.9 Å². The predicted molar refractivity (Wildman–Crippen MR) is 186 cm³/mol. The zero-order chi connectivity index (χ0) is 34.9. The molecule has 0 aromatic heterocycles. The van der Waals surface area contributed by atoms with E-state index in [2.05, 4.69) is 24.5 Å². The summed E-state index contributed by atoms with van der Waals surface area (Å²) >= 11 is 0. The molecule has 0 heterocycles. The second-order valence-electron chi connectivity index (χ2n) is 12.5. The van der Waals surface area contributed by atoms with Crippen molar-refractivity contribution < 1.29 is 28.2 Å². The lowest BCUT2D eigenvalue weighted by atomic mass is 9.95. The summed E-state index contributed by atoms with van der Waals surface area (Å²) < 4.78 is 23.9. The van der Waals surface area contributed by atoms with Gasteiger partial charge in [-0.2, -0.15) is 5.10 Å². The minimum atomic E-state index is -2.77.